The number of hydrogen-bond donors (Lipinski definition) is 1. The topological polar surface area (TPSA) is 98.2 Å². The number of urea groups is 1. The van der Waals surface area contributed by atoms with Crippen LogP contribution in [0.3, 0.4) is 0 Å². The number of aliphatic hydroxyl groups is 1. The fraction of sp³-hybridized carbons (Fsp3) is 0.476. The van der Waals surface area contributed by atoms with Crippen molar-refractivity contribution in [3.8, 4) is 11.5 Å². The number of rotatable bonds is 6. The molecule has 2 atom stereocenters. The predicted octanol–water partition coefficient (Wildman–Crippen LogP) is 1.42. The van der Waals surface area contributed by atoms with E-state index in [1.54, 1.807) is 21.3 Å². The lowest BCUT2D eigenvalue weighted by molar-refractivity contribution is -0.136. The van der Waals surface area contributed by atoms with Gasteiger partial charge in [0.05, 0.1) is 19.9 Å². The lowest BCUT2D eigenvalue weighted by atomic mass is 10.1. The molecule has 10 nitrogen and oxygen atoms in total. The van der Waals surface area contributed by atoms with E-state index in [-0.39, 0.29) is 19.1 Å². The van der Waals surface area contributed by atoms with Crippen molar-refractivity contribution >= 4 is 23.6 Å². The smallest absolute Gasteiger partial charge is 0.328 e. The molecule has 1 saturated heterocycles. The van der Waals surface area contributed by atoms with Gasteiger partial charge in [0.1, 0.15) is 11.5 Å². The van der Waals surface area contributed by atoms with Crippen molar-refractivity contribution in [2.24, 2.45) is 4.99 Å². The molecule has 4 rings (SSSR count). The molecule has 166 valence electrons. The first-order valence-electron chi connectivity index (χ1n) is 10.1. The average Bonchev–Trinajstić information content (AvgIpc) is 3.27. The van der Waals surface area contributed by atoms with E-state index < -0.39 is 18.2 Å². The molecule has 3 amide bonds. The average molecular weight is 429 g/mol. The van der Waals surface area contributed by atoms with E-state index in [1.807, 2.05) is 41.8 Å². The van der Waals surface area contributed by atoms with Gasteiger partial charge in [-0.1, -0.05) is 0 Å². The fourth-order valence-electron chi connectivity index (χ4n) is 4.31. The highest BCUT2D eigenvalue weighted by Gasteiger charge is 2.56. The molecule has 0 radical (unpaired) electrons. The maximum Gasteiger partial charge on any atom is 0.328 e. The number of fused-ring (bicyclic) bond motifs is 3. The van der Waals surface area contributed by atoms with Crippen LogP contribution in [0.25, 0.3) is 0 Å². The quantitative estimate of drug-likeness (QED) is 0.730. The highest BCUT2D eigenvalue weighted by atomic mass is 16.5. The molecule has 3 heterocycles. The van der Waals surface area contributed by atoms with Gasteiger partial charge in [-0.05, 0) is 32.4 Å². The summed E-state index contributed by atoms with van der Waals surface area (Å²) in [7, 11) is 4.83. The minimum atomic E-state index is -0.659. The second kappa shape index (κ2) is 7.77. The summed E-state index contributed by atoms with van der Waals surface area (Å²) in [6.45, 7) is 3.96. The maximum absolute atomic E-state index is 13.3. The van der Waals surface area contributed by atoms with Crippen LogP contribution in [0.15, 0.2) is 34.6 Å². The van der Waals surface area contributed by atoms with Crippen molar-refractivity contribution in [2.75, 3.05) is 39.3 Å². The molecule has 10 heteroatoms. The Morgan fingerprint density at radius 3 is 2.52 bits per heavy atom. The third-order valence-electron chi connectivity index (χ3n) is 6.06. The van der Waals surface area contributed by atoms with Crippen molar-refractivity contribution in [3.63, 3.8) is 0 Å². The minimum Gasteiger partial charge on any atom is -0.497 e. The fourth-order valence-corrected chi connectivity index (χ4v) is 4.31. The van der Waals surface area contributed by atoms with Crippen molar-refractivity contribution in [2.45, 2.75) is 32.5 Å². The molecule has 3 aliphatic rings. The summed E-state index contributed by atoms with van der Waals surface area (Å²) in [5, 5.41) is 9.17. The molecule has 31 heavy (non-hydrogen) atoms. The number of anilines is 1. The van der Waals surface area contributed by atoms with E-state index in [1.165, 1.54) is 9.80 Å². The van der Waals surface area contributed by atoms with Crippen LogP contribution in [0.5, 0.6) is 11.5 Å². The number of imide groups is 1. The molecular weight excluding hydrogens is 402 g/mol. The molecule has 0 saturated carbocycles. The number of benzene rings is 1. The molecular formula is C21H27N5O5. The second-order valence-corrected chi connectivity index (χ2v) is 7.66. The largest absolute Gasteiger partial charge is 0.497 e. The van der Waals surface area contributed by atoms with Gasteiger partial charge >= 0.3 is 6.03 Å². The van der Waals surface area contributed by atoms with E-state index in [4.69, 9.17) is 14.5 Å². The standard InChI is InChI=1S/C21H27N5O5/c1-12-13(2)26-17-18(23(3)21(29)24(19(17)28)9-6-10-27)22-20(26)25(12)15-11-14(30-4)7-8-16(15)31-5/h7-8,11,17-18,27H,6,9-10H2,1-5H3. The van der Waals surface area contributed by atoms with Crippen molar-refractivity contribution in [1.82, 2.24) is 14.7 Å². The summed E-state index contributed by atoms with van der Waals surface area (Å²) >= 11 is 0. The Bertz CT molecular complexity index is 990. The highest BCUT2D eigenvalue weighted by molar-refractivity contribution is 6.11. The van der Waals surface area contributed by atoms with Crippen molar-refractivity contribution < 1.29 is 24.2 Å². The van der Waals surface area contributed by atoms with Crippen LogP contribution in [0.2, 0.25) is 0 Å². The number of amides is 3. The number of carbonyl (C=O) groups excluding carboxylic acids is 2. The SMILES string of the molecule is COc1ccc(OC)c(N2C3=NC4C(C(=O)N(CCCO)C(=O)N4C)N3C(C)=C2C)c1. The van der Waals surface area contributed by atoms with E-state index in [0.717, 1.165) is 17.1 Å². The Labute approximate surface area is 180 Å². The number of aliphatic hydroxyl groups excluding tert-OH is 1. The first-order valence-corrected chi connectivity index (χ1v) is 10.1. The van der Waals surface area contributed by atoms with E-state index in [2.05, 4.69) is 0 Å². The molecule has 2 unspecified atom stereocenters. The zero-order valence-corrected chi connectivity index (χ0v) is 18.3. The molecule has 0 aliphatic carbocycles. The first-order chi connectivity index (χ1) is 14.8. The summed E-state index contributed by atoms with van der Waals surface area (Å²) in [5.41, 5.74) is 2.50. The van der Waals surface area contributed by atoms with Gasteiger partial charge in [-0.15, -0.1) is 0 Å². The van der Waals surface area contributed by atoms with Crippen molar-refractivity contribution in [3.05, 3.63) is 29.6 Å². The molecule has 1 N–H and O–H groups in total. The lowest BCUT2D eigenvalue weighted by Gasteiger charge is -2.40. The third kappa shape index (κ3) is 3.01. The summed E-state index contributed by atoms with van der Waals surface area (Å²) < 4.78 is 11.0. The number of hydrogen-bond acceptors (Lipinski definition) is 8. The highest BCUT2D eigenvalue weighted by Crippen LogP contribution is 2.43. The molecule has 1 aromatic carbocycles. The maximum atomic E-state index is 13.3. The number of carbonyl (C=O) groups is 2. The van der Waals surface area contributed by atoms with Gasteiger partial charge in [0.15, 0.2) is 12.2 Å². The summed E-state index contributed by atoms with van der Waals surface area (Å²) in [5.74, 6) is 1.54. The van der Waals surface area contributed by atoms with Crippen LogP contribution in [-0.2, 0) is 4.79 Å². The molecule has 0 aromatic heterocycles. The van der Waals surface area contributed by atoms with Gasteiger partial charge in [0.25, 0.3) is 5.91 Å². The predicted molar refractivity (Wildman–Crippen MR) is 114 cm³/mol. The Kier molecular flexibility index (Phi) is 5.26. The zero-order valence-electron chi connectivity index (χ0n) is 18.3. The van der Waals surface area contributed by atoms with Gasteiger partial charge in [-0.25, -0.2) is 9.79 Å². The number of aliphatic imine (C=N–C) groups is 1. The minimum absolute atomic E-state index is 0.0955. The second-order valence-electron chi connectivity index (χ2n) is 7.66. The number of ether oxygens (including phenoxy) is 2. The Morgan fingerprint density at radius 2 is 1.87 bits per heavy atom. The van der Waals surface area contributed by atoms with Crippen LogP contribution in [0, 0.1) is 0 Å². The van der Waals surface area contributed by atoms with Crippen LogP contribution in [0.4, 0.5) is 10.5 Å². The summed E-state index contributed by atoms with van der Waals surface area (Å²) in [6.07, 6.45) is -0.306. The Balaban J connectivity index is 1.78. The molecule has 1 aromatic rings. The van der Waals surface area contributed by atoms with Crippen LogP contribution in [0.1, 0.15) is 20.3 Å². The number of allylic oxidation sites excluding steroid dienone is 2. The normalized spacial score (nSPS) is 22.8. The van der Waals surface area contributed by atoms with Gasteiger partial charge in [0.2, 0.25) is 5.96 Å². The zero-order chi connectivity index (χ0) is 22.4. The van der Waals surface area contributed by atoms with Crippen LogP contribution >= 0.6 is 0 Å². The van der Waals surface area contributed by atoms with Crippen LogP contribution in [-0.4, -0.2) is 84.3 Å². The van der Waals surface area contributed by atoms with E-state index in [9.17, 15) is 14.7 Å². The van der Waals surface area contributed by atoms with Crippen LogP contribution < -0.4 is 14.4 Å². The molecule has 0 spiro atoms. The van der Waals surface area contributed by atoms with Gasteiger partial charge in [0, 0.05) is 37.7 Å². The van der Waals surface area contributed by atoms with Gasteiger partial charge in [-0.2, -0.15) is 0 Å². The number of methoxy groups -OCH3 is 2. The monoisotopic (exact) mass is 429 g/mol. The third-order valence-corrected chi connectivity index (χ3v) is 6.06. The van der Waals surface area contributed by atoms with Crippen molar-refractivity contribution in [1.29, 1.82) is 0 Å². The van der Waals surface area contributed by atoms with E-state index >= 15 is 0 Å². The van der Waals surface area contributed by atoms with Gasteiger partial charge in [-0.3, -0.25) is 19.5 Å². The number of guanidine groups is 1. The summed E-state index contributed by atoms with van der Waals surface area (Å²) in [6, 6.07) is 4.42. The Morgan fingerprint density at radius 1 is 1.13 bits per heavy atom. The number of nitrogens with zero attached hydrogens (tertiary/aromatic N) is 5. The first kappa shape index (κ1) is 21.0. The molecule has 0 bridgehead atoms. The molecule has 1 fully saturated rings. The lowest BCUT2D eigenvalue weighted by Crippen LogP contribution is -2.64. The van der Waals surface area contributed by atoms with Gasteiger partial charge < -0.3 is 19.5 Å². The molecule has 3 aliphatic heterocycles. The Hall–Kier alpha value is -3.27. The summed E-state index contributed by atoms with van der Waals surface area (Å²) in [4.78, 5) is 37.4. The van der Waals surface area contributed by atoms with E-state index in [0.29, 0.717) is 23.9 Å². The number of likely N-dealkylation sites (N-methyl/N-ethyl adjacent to an activating group) is 1.